The zero-order valence-corrected chi connectivity index (χ0v) is 8.73. The molecule has 0 spiro atoms. The van der Waals surface area contributed by atoms with Crippen molar-refractivity contribution in [1.82, 2.24) is 0 Å². The highest BCUT2D eigenvalue weighted by Crippen LogP contribution is 2.21. The van der Waals surface area contributed by atoms with Crippen molar-refractivity contribution in [2.75, 3.05) is 11.8 Å². The van der Waals surface area contributed by atoms with Crippen LogP contribution in [0.5, 0.6) is 0 Å². The minimum Gasteiger partial charge on any atom is -0.167 e. The molecule has 0 aromatic carbocycles. The van der Waals surface area contributed by atoms with Gasteiger partial charge in [-0.1, -0.05) is 6.55 Å². The van der Waals surface area contributed by atoms with Gasteiger partial charge < -0.3 is 0 Å². The molecule has 0 aromatic heterocycles. The summed E-state index contributed by atoms with van der Waals surface area (Å²) in [7, 11) is -1.49. The Balaban J connectivity index is 3.43. The summed E-state index contributed by atoms with van der Waals surface area (Å²) < 4.78 is 0. The molecular formula is C5H11Cl3Si. The molecule has 0 fully saturated rings. The minimum atomic E-state index is -1.49. The Kier molecular flexibility index (Phi) is 5.42. The van der Waals surface area contributed by atoms with E-state index in [1.807, 2.05) is 0 Å². The van der Waals surface area contributed by atoms with Crippen molar-refractivity contribution < 1.29 is 0 Å². The van der Waals surface area contributed by atoms with Crippen LogP contribution in [0.2, 0.25) is 18.6 Å². The van der Waals surface area contributed by atoms with Crippen LogP contribution in [0.3, 0.4) is 0 Å². The summed E-state index contributed by atoms with van der Waals surface area (Å²) in [5.74, 6) is 1.34. The van der Waals surface area contributed by atoms with Crippen LogP contribution in [0.15, 0.2) is 0 Å². The zero-order chi connectivity index (χ0) is 7.33. The quantitative estimate of drug-likeness (QED) is 0.375. The van der Waals surface area contributed by atoms with Crippen molar-refractivity contribution in [3.05, 3.63) is 0 Å². The molecule has 0 nitrogen and oxygen atoms in total. The molecule has 4 heteroatoms. The normalized spacial score (nSPS) is 12.0. The molecule has 0 heterocycles. The fraction of sp³-hybridized carbons (Fsp3) is 1.00. The standard InChI is InChI=1S/C5H11Cl3Si/c1-9(8,4-2-6)5-3-7/h2-5H2,1H3. The van der Waals surface area contributed by atoms with E-state index >= 15 is 0 Å². The Morgan fingerprint density at radius 1 is 1.11 bits per heavy atom. The third-order valence-electron chi connectivity index (χ3n) is 1.23. The van der Waals surface area contributed by atoms with Gasteiger partial charge in [-0.15, -0.1) is 23.2 Å². The van der Waals surface area contributed by atoms with Gasteiger partial charge in [0.1, 0.15) is 0 Å². The summed E-state index contributed by atoms with van der Waals surface area (Å²) in [5.41, 5.74) is 0. The van der Waals surface area contributed by atoms with E-state index in [0.717, 1.165) is 12.1 Å². The van der Waals surface area contributed by atoms with Crippen LogP contribution in [0, 0.1) is 0 Å². The van der Waals surface area contributed by atoms with Crippen LogP contribution >= 0.6 is 34.3 Å². The molecule has 0 aromatic rings. The number of halogens is 3. The van der Waals surface area contributed by atoms with Crippen LogP contribution in [-0.4, -0.2) is 19.1 Å². The molecule has 9 heavy (non-hydrogen) atoms. The maximum absolute atomic E-state index is 6.11. The van der Waals surface area contributed by atoms with E-state index in [0.29, 0.717) is 11.8 Å². The lowest BCUT2D eigenvalue weighted by molar-refractivity contribution is 1.31. The zero-order valence-electron chi connectivity index (χ0n) is 5.46. The second-order valence-corrected chi connectivity index (χ2v) is 9.61. The first-order chi connectivity index (χ1) is 4.12. The number of alkyl halides is 2. The predicted octanol–water partition coefficient (Wildman–Crippen LogP) is 3.28. The monoisotopic (exact) mass is 204 g/mol. The molecule has 0 rings (SSSR count). The van der Waals surface area contributed by atoms with Crippen LogP contribution in [0.1, 0.15) is 0 Å². The maximum atomic E-state index is 6.11. The van der Waals surface area contributed by atoms with Gasteiger partial charge in [0.05, 0.1) is 0 Å². The average molecular weight is 206 g/mol. The summed E-state index contributed by atoms with van der Waals surface area (Å²) in [6.45, 7) is 2.10. The molecule has 0 saturated carbocycles. The second kappa shape index (κ2) is 4.83. The van der Waals surface area contributed by atoms with Gasteiger partial charge in [-0.05, 0) is 12.1 Å². The average Bonchev–Trinajstić information content (AvgIpc) is 1.64. The summed E-state index contributed by atoms with van der Waals surface area (Å²) in [4.78, 5) is 0. The van der Waals surface area contributed by atoms with Gasteiger partial charge in [0, 0.05) is 11.8 Å². The lowest BCUT2D eigenvalue weighted by Gasteiger charge is -2.14. The lowest BCUT2D eigenvalue weighted by atomic mass is 10.9. The Hall–Kier alpha value is 1.09. The fourth-order valence-corrected chi connectivity index (χ4v) is 5.21. The Labute approximate surface area is 72.2 Å². The number of rotatable bonds is 4. The highest BCUT2D eigenvalue weighted by Gasteiger charge is 2.22. The molecule has 0 saturated heterocycles. The van der Waals surface area contributed by atoms with Gasteiger partial charge in [-0.25, -0.2) is 0 Å². The fourth-order valence-electron chi connectivity index (χ4n) is 0.519. The SMILES string of the molecule is C[Si](Cl)(CCCl)CCCl. The van der Waals surface area contributed by atoms with Crippen molar-refractivity contribution in [2.45, 2.75) is 18.6 Å². The Morgan fingerprint density at radius 3 is 1.67 bits per heavy atom. The van der Waals surface area contributed by atoms with E-state index in [2.05, 4.69) is 6.55 Å². The molecule has 0 aliphatic rings. The van der Waals surface area contributed by atoms with Crippen LogP contribution in [0.4, 0.5) is 0 Å². The predicted molar refractivity (Wildman–Crippen MR) is 48.5 cm³/mol. The smallest absolute Gasteiger partial charge is 0.155 e. The first-order valence-corrected chi connectivity index (χ1v) is 7.93. The molecule has 0 N–H and O–H groups in total. The highest BCUT2D eigenvalue weighted by molar-refractivity contribution is 7.20. The summed E-state index contributed by atoms with van der Waals surface area (Å²) in [6.07, 6.45) is 0. The van der Waals surface area contributed by atoms with Gasteiger partial charge in [0.15, 0.2) is 7.38 Å². The molecule has 56 valence electrons. The third kappa shape index (κ3) is 5.53. The number of hydrogen-bond donors (Lipinski definition) is 0. The molecule has 0 aliphatic carbocycles. The van der Waals surface area contributed by atoms with Crippen LogP contribution in [0.25, 0.3) is 0 Å². The van der Waals surface area contributed by atoms with E-state index in [-0.39, 0.29) is 0 Å². The molecule has 0 radical (unpaired) electrons. The Bertz CT molecular complexity index is 66.6. The maximum Gasteiger partial charge on any atom is 0.155 e. The van der Waals surface area contributed by atoms with Gasteiger partial charge in [0.25, 0.3) is 0 Å². The summed E-state index contributed by atoms with van der Waals surface area (Å²) in [6, 6.07) is 1.92. The first-order valence-electron chi connectivity index (χ1n) is 2.93. The van der Waals surface area contributed by atoms with E-state index in [4.69, 9.17) is 34.3 Å². The van der Waals surface area contributed by atoms with Gasteiger partial charge in [0.2, 0.25) is 0 Å². The first kappa shape index (κ1) is 10.1. The van der Waals surface area contributed by atoms with Crippen molar-refractivity contribution in [3.63, 3.8) is 0 Å². The van der Waals surface area contributed by atoms with Crippen LogP contribution < -0.4 is 0 Å². The minimum absolute atomic E-state index is 0.670. The highest BCUT2D eigenvalue weighted by atomic mass is 35.6. The number of hydrogen-bond acceptors (Lipinski definition) is 0. The van der Waals surface area contributed by atoms with E-state index in [1.54, 1.807) is 0 Å². The molecule has 0 atom stereocenters. The molecule has 0 aliphatic heterocycles. The van der Waals surface area contributed by atoms with Crippen molar-refractivity contribution in [1.29, 1.82) is 0 Å². The van der Waals surface area contributed by atoms with E-state index in [1.165, 1.54) is 0 Å². The van der Waals surface area contributed by atoms with Gasteiger partial charge in [-0.3, -0.25) is 0 Å². The van der Waals surface area contributed by atoms with Gasteiger partial charge >= 0.3 is 0 Å². The largest absolute Gasteiger partial charge is 0.167 e. The second-order valence-electron chi connectivity index (χ2n) is 2.29. The molecule has 0 amide bonds. The summed E-state index contributed by atoms with van der Waals surface area (Å²) in [5, 5.41) is 0. The van der Waals surface area contributed by atoms with Crippen molar-refractivity contribution in [2.24, 2.45) is 0 Å². The van der Waals surface area contributed by atoms with E-state index < -0.39 is 7.38 Å². The van der Waals surface area contributed by atoms with Crippen molar-refractivity contribution in [3.8, 4) is 0 Å². The van der Waals surface area contributed by atoms with Crippen molar-refractivity contribution >= 4 is 41.7 Å². The molecular weight excluding hydrogens is 194 g/mol. The topological polar surface area (TPSA) is 0 Å². The summed E-state index contributed by atoms with van der Waals surface area (Å²) >= 11 is 17.2. The lowest BCUT2D eigenvalue weighted by Crippen LogP contribution is -2.22. The van der Waals surface area contributed by atoms with E-state index in [9.17, 15) is 0 Å². The third-order valence-corrected chi connectivity index (χ3v) is 5.96. The Morgan fingerprint density at radius 2 is 1.44 bits per heavy atom. The molecule has 0 bridgehead atoms. The van der Waals surface area contributed by atoms with Gasteiger partial charge in [-0.2, -0.15) is 11.1 Å². The molecule has 0 unspecified atom stereocenters. The van der Waals surface area contributed by atoms with Crippen LogP contribution in [-0.2, 0) is 0 Å².